The molecule has 0 spiro atoms. The lowest BCUT2D eigenvalue weighted by Crippen LogP contribution is -2.29. The van der Waals surface area contributed by atoms with Gasteiger partial charge in [-0.3, -0.25) is 10.2 Å². The highest BCUT2D eigenvalue weighted by Crippen LogP contribution is 2.11. The summed E-state index contributed by atoms with van der Waals surface area (Å²) in [5.74, 6) is 4.69. The predicted octanol–water partition coefficient (Wildman–Crippen LogP) is 0.660. The summed E-state index contributed by atoms with van der Waals surface area (Å²) >= 11 is 1.53. The Kier molecular flexibility index (Phi) is 2.03. The minimum atomic E-state index is -0.232. The zero-order valence-corrected chi connectivity index (χ0v) is 6.37. The van der Waals surface area contributed by atoms with Gasteiger partial charge in [0.25, 0.3) is 5.91 Å². The van der Waals surface area contributed by atoms with Gasteiger partial charge in [0.15, 0.2) is 0 Å². The molecule has 0 bridgehead atoms. The molecule has 1 amide bonds. The minimum absolute atomic E-state index is 0.232. The standard InChI is InChI=1S/C6H8N2OS/c1-4-2-5(3-10-4)6(9)8-7/h2-3H,7H2,1H3,(H,8,9). The molecule has 0 unspecified atom stereocenters. The molecule has 0 radical (unpaired) electrons. The van der Waals surface area contributed by atoms with Gasteiger partial charge in [-0.1, -0.05) is 0 Å². The molecule has 1 aromatic rings. The lowest BCUT2D eigenvalue weighted by Gasteiger charge is -1.91. The maximum absolute atomic E-state index is 10.8. The van der Waals surface area contributed by atoms with Crippen LogP contribution < -0.4 is 11.3 Å². The van der Waals surface area contributed by atoms with Crippen LogP contribution in [0.5, 0.6) is 0 Å². The number of rotatable bonds is 1. The molecule has 0 aliphatic heterocycles. The molecule has 0 aliphatic rings. The topological polar surface area (TPSA) is 55.1 Å². The van der Waals surface area contributed by atoms with Gasteiger partial charge in [-0.05, 0) is 13.0 Å². The first-order valence-corrected chi connectivity index (χ1v) is 3.68. The minimum Gasteiger partial charge on any atom is -0.290 e. The first-order chi connectivity index (χ1) is 4.74. The fraction of sp³-hybridized carbons (Fsp3) is 0.167. The van der Waals surface area contributed by atoms with E-state index in [-0.39, 0.29) is 5.91 Å². The number of carbonyl (C=O) groups excluding carboxylic acids is 1. The number of hydrogen-bond acceptors (Lipinski definition) is 3. The van der Waals surface area contributed by atoms with Crippen LogP contribution in [0.3, 0.4) is 0 Å². The van der Waals surface area contributed by atoms with E-state index in [9.17, 15) is 4.79 Å². The third-order valence-electron chi connectivity index (χ3n) is 1.12. The van der Waals surface area contributed by atoms with E-state index in [1.54, 1.807) is 11.4 Å². The number of nitrogen functional groups attached to an aromatic ring is 1. The molecule has 0 fully saturated rings. The summed E-state index contributed by atoms with van der Waals surface area (Å²) in [7, 11) is 0. The first-order valence-electron chi connectivity index (χ1n) is 2.80. The van der Waals surface area contributed by atoms with Crippen LogP contribution in [-0.2, 0) is 0 Å². The summed E-state index contributed by atoms with van der Waals surface area (Å²) in [6, 6.07) is 1.80. The van der Waals surface area contributed by atoms with Gasteiger partial charge < -0.3 is 0 Å². The number of hydrazine groups is 1. The van der Waals surface area contributed by atoms with Crippen molar-refractivity contribution in [2.75, 3.05) is 0 Å². The number of carbonyl (C=O) groups is 1. The Labute approximate surface area is 62.8 Å². The van der Waals surface area contributed by atoms with Gasteiger partial charge in [0.2, 0.25) is 0 Å². The van der Waals surface area contributed by atoms with E-state index in [1.165, 1.54) is 11.3 Å². The summed E-state index contributed by atoms with van der Waals surface area (Å²) in [6.07, 6.45) is 0. The maximum atomic E-state index is 10.8. The number of hydrogen-bond donors (Lipinski definition) is 2. The Bertz CT molecular complexity index is 244. The molecule has 0 saturated heterocycles. The molecule has 54 valence electrons. The molecule has 3 nitrogen and oxygen atoms in total. The SMILES string of the molecule is Cc1cc(C(=O)NN)cs1. The Morgan fingerprint density at radius 2 is 2.50 bits per heavy atom. The van der Waals surface area contributed by atoms with Crippen molar-refractivity contribution in [1.82, 2.24) is 5.43 Å². The zero-order chi connectivity index (χ0) is 7.56. The number of thiophene rings is 1. The Morgan fingerprint density at radius 3 is 2.90 bits per heavy atom. The number of aryl methyl sites for hydroxylation is 1. The molecule has 1 rings (SSSR count). The van der Waals surface area contributed by atoms with Crippen molar-refractivity contribution < 1.29 is 4.79 Å². The van der Waals surface area contributed by atoms with Crippen LogP contribution in [0.2, 0.25) is 0 Å². The molecule has 0 atom stereocenters. The highest BCUT2D eigenvalue weighted by Gasteiger charge is 2.03. The first kappa shape index (κ1) is 7.24. The van der Waals surface area contributed by atoms with Gasteiger partial charge in [0.05, 0.1) is 5.56 Å². The summed E-state index contributed by atoms with van der Waals surface area (Å²) in [5, 5.41) is 1.78. The second-order valence-electron chi connectivity index (χ2n) is 1.92. The summed E-state index contributed by atoms with van der Waals surface area (Å²) in [4.78, 5) is 11.9. The second kappa shape index (κ2) is 2.81. The van der Waals surface area contributed by atoms with Crippen molar-refractivity contribution in [3.05, 3.63) is 21.9 Å². The van der Waals surface area contributed by atoms with Crippen molar-refractivity contribution in [2.24, 2.45) is 5.84 Å². The van der Waals surface area contributed by atoms with Gasteiger partial charge in [-0.2, -0.15) is 0 Å². The second-order valence-corrected chi connectivity index (χ2v) is 3.03. The lowest BCUT2D eigenvalue weighted by molar-refractivity contribution is 0.0954. The van der Waals surface area contributed by atoms with Crippen molar-refractivity contribution >= 4 is 17.2 Å². The normalized spacial score (nSPS) is 9.40. The van der Waals surface area contributed by atoms with Gasteiger partial charge in [-0.15, -0.1) is 11.3 Å². The number of amides is 1. The quantitative estimate of drug-likeness (QED) is 0.356. The van der Waals surface area contributed by atoms with E-state index in [2.05, 4.69) is 5.43 Å². The molecule has 0 aromatic carbocycles. The maximum Gasteiger partial charge on any atom is 0.266 e. The third-order valence-corrected chi connectivity index (χ3v) is 1.99. The van der Waals surface area contributed by atoms with Crippen LogP contribution in [0.15, 0.2) is 11.4 Å². The smallest absolute Gasteiger partial charge is 0.266 e. The van der Waals surface area contributed by atoms with Crippen LogP contribution >= 0.6 is 11.3 Å². The fourth-order valence-corrected chi connectivity index (χ4v) is 1.33. The molecular formula is C6H8N2OS. The average Bonchev–Trinajstić information content (AvgIpc) is 2.34. The van der Waals surface area contributed by atoms with E-state index < -0.39 is 0 Å². The molecule has 0 aliphatic carbocycles. The van der Waals surface area contributed by atoms with E-state index in [4.69, 9.17) is 5.84 Å². The summed E-state index contributed by atoms with van der Waals surface area (Å²) < 4.78 is 0. The Balaban J connectivity index is 2.85. The van der Waals surface area contributed by atoms with Crippen LogP contribution in [0, 0.1) is 6.92 Å². The molecular weight excluding hydrogens is 148 g/mol. The van der Waals surface area contributed by atoms with Gasteiger partial charge in [0.1, 0.15) is 0 Å². The lowest BCUT2D eigenvalue weighted by atomic mass is 10.3. The van der Waals surface area contributed by atoms with Crippen LogP contribution in [0.25, 0.3) is 0 Å². The fourth-order valence-electron chi connectivity index (χ4n) is 0.646. The molecule has 3 N–H and O–H groups in total. The van der Waals surface area contributed by atoms with Crippen molar-refractivity contribution in [2.45, 2.75) is 6.92 Å². The van der Waals surface area contributed by atoms with Crippen molar-refractivity contribution in [3.8, 4) is 0 Å². The van der Waals surface area contributed by atoms with E-state index in [1.807, 2.05) is 6.92 Å². The largest absolute Gasteiger partial charge is 0.290 e. The monoisotopic (exact) mass is 156 g/mol. The third kappa shape index (κ3) is 1.34. The molecule has 1 heterocycles. The predicted molar refractivity (Wildman–Crippen MR) is 40.7 cm³/mol. The summed E-state index contributed by atoms with van der Waals surface area (Å²) in [6.45, 7) is 1.94. The van der Waals surface area contributed by atoms with Crippen LogP contribution in [0.1, 0.15) is 15.2 Å². The van der Waals surface area contributed by atoms with Crippen molar-refractivity contribution in [1.29, 1.82) is 0 Å². The van der Waals surface area contributed by atoms with Gasteiger partial charge >= 0.3 is 0 Å². The van der Waals surface area contributed by atoms with Crippen LogP contribution in [-0.4, -0.2) is 5.91 Å². The van der Waals surface area contributed by atoms with Gasteiger partial charge in [-0.25, -0.2) is 5.84 Å². The summed E-state index contributed by atoms with van der Waals surface area (Å²) in [5.41, 5.74) is 2.69. The van der Waals surface area contributed by atoms with Gasteiger partial charge in [0, 0.05) is 10.3 Å². The number of nitrogens with two attached hydrogens (primary N) is 1. The Morgan fingerprint density at radius 1 is 1.80 bits per heavy atom. The van der Waals surface area contributed by atoms with Crippen molar-refractivity contribution in [3.63, 3.8) is 0 Å². The van der Waals surface area contributed by atoms with E-state index in [0.29, 0.717) is 5.56 Å². The highest BCUT2D eigenvalue weighted by molar-refractivity contribution is 7.10. The molecule has 4 heteroatoms. The van der Waals surface area contributed by atoms with E-state index >= 15 is 0 Å². The zero-order valence-electron chi connectivity index (χ0n) is 5.55. The molecule has 0 saturated carbocycles. The number of nitrogens with one attached hydrogen (secondary N) is 1. The van der Waals surface area contributed by atoms with E-state index in [0.717, 1.165) is 4.88 Å². The highest BCUT2D eigenvalue weighted by atomic mass is 32.1. The Hall–Kier alpha value is -0.870. The molecule has 10 heavy (non-hydrogen) atoms. The van der Waals surface area contributed by atoms with Crippen LogP contribution in [0.4, 0.5) is 0 Å². The molecule has 1 aromatic heterocycles. The average molecular weight is 156 g/mol.